The zero-order chi connectivity index (χ0) is 18.2. The quantitative estimate of drug-likeness (QED) is 0.310. The molecule has 6 nitrogen and oxygen atoms in total. The lowest BCUT2D eigenvalue weighted by Crippen LogP contribution is -2.23. The Labute approximate surface area is 176 Å². The van der Waals surface area contributed by atoms with Gasteiger partial charge in [-0.05, 0) is 17.2 Å². The van der Waals surface area contributed by atoms with Gasteiger partial charge in [0, 0.05) is 37.3 Å². The summed E-state index contributed by atoms with van der Waals surface area (Å²) in [6.45, 7) is 1.82. The highest BCUT2D eigenvalue weighted by Gasteiger charge is 2.03. The molecule has 0 radical (unpaired) electrons. The number of imidazole rings is 1. The summed E-state index contributed by atoms with van der Waals surface area (Å²) in [5, 5.41) is 3.15. The van der Waals surface area contributed by atoms with Gasteiger partial charge in [-0.25, -0.2) is 9.98 Å². The van der Waals surface area contributed by atoms with Crippen molar-refractivity contribution in [1.82, 2.24) is 9.55 Å². The highest BCUT2D eigenvalue weighted by molar-refractivity contribution is 14.0. The number of guanidine groups is 1. The van der Waals surface area contributed by atoms with Crippen molar-refractivity contribution < 1.29 is 4.74 Å². The van der Waals surface area contributed by atoms with Gasteiger partial charge in [0.05, 0.1) is 19.5 Å². The summed E-state index contributed by atoms with van der Waals surface area (Å²) in [4.78, 5) is 8.52. The second kappa shape index (κ2) is 10.7. The van der Waals surface area contributed by atoms with Crippen molar-refractivity contribution in [2.24, 2.45) is 10.7 Å². The number of nitrogens with two attached hydrogens (primary N) is 1. The molecule has 1 heterocycles. The molecule has 2 aromatic carbocycles. The molecule has 7 heteroatoms. The van der Waals surface area contributed by atoms with E-state index < -0.39 is 0 Å². The number of rotatable bonds is 7. The largest absolute Gasteiger partial charge is 0.380 e. The third-order valence-electron chi connectivity index (χ3n) is 3.93. The van der Waals surface area contributed by atoms with Gasteiger partial charge < -0.3 is 20.4 Å². The van der Waals surface area contributed by atoms with Crippen LogP contribution in [0.15, 0.2) is 72.2 Å². The van der Waals surface area contributed by atoms with E-state index in [2.05, 4.69) is 27.4 Å². The van der Waals surface area contributed by atoms with Crippen LogP contribution in [0.4, 0.5) is 5.69 Å². The number of methoxy groups -OCH3 is 1. The van der Waals surface area contributed by atoms with Gasteiger partial charge in [0.15, 0.2) is 5.96 Å². The summed E-state index contributed by atoms with van der Waals surface area (Å²) < 4.78 is 7.24. The zero-order valence-electron chi connectivity index (χ0n) is 15.2. The average molecular weight is 477 g/mol. The van der Waals surface area contributed by atoms with E-state index in [1.807, 2.05) is 53.5 Å². The fourth-order valence-electron chi connectivity index (χ4n) is 2.70. The molecule has 0 amide bonds. The maximum Gasteiger partial charge on any atom is 0.193 e. The minimum absolute atomic E-state index is 0. The van der Waals surface area contributed by atoms with Crippen molar-refractivity contribution in [2.75, 3.05) is 12.4 Å². The fraction of sp³-hybridized carbons (Fsp3) is 0.200. The van der Waals surface area contributed by atoms with E-state index in [4.69, 9.17) is 10.5 Å². The Balaban J connectivity index is 0.00000261. The normalized spacial score (nSPS) is 11.1. The van der Waals surface area contributed by atoms with E-state index in [-0.39, 0.29) is 24.0 Å². The molecular weight excluding hydrogens is 453 g/mol. The lowest BCUT2D eigenvalue weighted by Gasteiger charge is -2.11. The Morgan fingerprint density at radius 2 is 2.00 bits per heavy atom. The number of hydrogen-bond acceptors (Lipinski definition) is 3. The standard InChI is InChI=1S/C20H23N5O.HI/c1-26-14-18-7-2-3-8-19(18)24-20(21)23-12-16-5-4-6-17(11-16)13-25-10-9-22-15-25;/h2-11,15H,12-14H2,1H3,(H3,21,23,24);1H. The number of ether oxygens (including phenoxy) is 1. The lowest BCUT2D eigenvalue weighted by molar-refractivity contribution is 0.185. The summed E-state index contributed by atoms with van der Waals surface area (Å²) >= 11 is 0. The predicted octanol–water partition coefficient (Wildman–Crippen LogP) is 3.62. The first-order valence-corrected chi connectivity index (χ1v) is 8.42. The molecule has 0 unspecified atom stereocenters. The highest BCUT2D eigenvalue weighted by Crippen LogP contribution is 2.15. The van der Waals surface area contributed by atoms with Crippen LogP contribution in [0.5, 0.6) is 0 Å². The number of nitrogens with one attached hydrogen (secondary N) is 1. The molecule has 0 atom stereocenters. The number of halogens is 1. The number of benzene rings is 2. The van der Waals surface area contributed by atoms with Crippen molar-refractivity contribution in [2.45, 2.75) is 19.7 Å². The Morgan fingerprint density at radius 3 is 2.78 bits per heavy atom. The van der Waals surface area contributed by atoms with Gasteiger partial charge >= 0.3 is 0 Å². The van der Waals surface area contributed by atoms with Gasteiger partial charge in [-0.3, -0.25) is 0 Å². The molecule has 27 heavy (non-hydrogen) atoms. The molecular formula is C20H24IN5O. The summed E-state index contributed by atoms with van der Waals surface area (Å²) in [5.74, 6) is 0.383. The Morgan fingerprint density at radius 1 is 1.19 bits per heavy atom. The van der Waals surface area contributed by atoms with E-state index in [1.54, 1.807) is 13.3 Å². The number of hydrogen-bond donors (Lipinski definition) is 2. The maximum absolute atomic E-state index is 6.05. The monoisotopic (exact) mass is 477 g/mol. The molecule has 142 valence electrons. The van der Waals surface area contributed by atoms with E-state index in [0.717, 1.165) is 23.4 Å². The number of aromatic nitrogens is 2. The molecule has 0 aliphatic rings. The third-order valence-corrected chi connectivity index (χ3v) is 3.93. The Bertz CT molecular complexity index is 864. The predicted molar refractivity (Wildman–Crippen MR) is 119 cm³/mol. The first kappa shape index (κ1) is 20.9. The van der Waals surface area contributed by atoms with Crippen LogP contribution >= 0.6 is 24.0 Å². The molecule has 3 rings (SSSR count). The SMILES string of the molecule is COCc1ccccc1NC(N)=NCc1cccc(Cn2ccnc2)c1.I. The molecule has 0 spiro atoms. The summed E-state index contributed by atoms with van der Waals surface area (Å²) in [6, 6.07) is 16.2. The van der Waals surface area contributed by atoms with E-state index in [0.29, 0.717) is 19.1 Å². The topological polar surface area (TPSA) is 77.5 Å². The average Bonchev–Trinajstić information content (AvgIpc) is 3.15. The van der Waals surface area contributed by atoms with Crippen molar-refractivity contribution in [1.29, 1.82) is 0 Å². The molecule has 0 aliphatic heterocycles. The molecule has 3 N–H and O–H groups in total. The second-order valence-electron chi connectivity index (χ2n) is 5.97. The highest BCUT2D eigenvalue weighted by atomic mass is 127. The maximum atomic E-state index is 6.05. The van der Waals surface area contributed by atoms with Gasteiger partial charge in [-0.2, -0.15) is 0 Å². The third kappa shape index (κ3) is 6.37. The van der Waals surface area contributed by atoms with Crippen LogP contribution in [-0.2, 0) is 24.4 Å². The Hall–Kier alpha value is -2.39. The lowest BCUT2D eigenvalue weighted by atomic mass is 10.1. The van der Waals surface area contributed by atoms with Gasteiger partial charge in [-0.1, -0.05) is 42.5 Å². The summed E-state index contributed by atoms with van der Waals surface area (Å²) in [6.07, 6.45) is 5.54. The molecule has 0 saturated heterocycles. The minimum Gasteiger partial charge on any atom is -0.380 e. The minimum atomic E-state index is 0. The van der Waals surface area contributed by atoms with Crippen molar-refractivity contribution in [3.63, 3.8) is 0 Å². The molecule has 0 aliphatic carbocycles. The van der Waals surface area contributed by atoms with Crippen LogP contribution in [0, 0.1) is 0 Å². The van der Waals surface area contributed by atoms with Crippen LogP contribution in [0.2, 0.25) is 0 Å². The van der Waals surface area contributed by atoms with Crippen LogP contribution < -0.4 is 11.1 Å². The number of para-hydroxylation sites is 1. The fourth-order valence-corrected chi connectivity index (χ4v) is 2.70. The van der Waals surface area contributed by atoms with Crippen molar-refractivity contribution in [3.05, 3.63) is 83.9 Å². The summed E-state index contributed by atoms with van der Waals surface area (Å²) in [7, 11) is 1.67. The number of anilines is 1. The van der Waals surface area contributed by atoms with Gasteiger partial charge in [0.25, 0.3) is 0 Å². The molecule has 3 aromatic rings. The smallest absolute Gasteiger partial charge is 0.193 e. The molecule has 0 fully saturated rings. The van der Waals surface area contributed by atoms with E-state index in [9.17, 15) is 0 Å². The van der Waals surface area contributed by atoms with Crippen molar-refractivity contribution in [3.8, 4) is 0 Å². The van der Waals surface area contributed by atoms with Crippen molar-refractivity contribution >= 4 is 35.6 Å². The molecule has 1 aromatic heterocycles. The zero-order valence-corrected chi connectivity index (χ0v) is 17.5. The van der Waals surface area contributed by atoms with Crippen LogP contribution in [0.25, 0.3) is 0 Å². The Kier molecular flexibility index (Phi) is 8.28. The second-order valence-corrected chi connectivity index (χ2v) is 5.97. The molecule has 0 bridgehead atoms. The summed E-state index contributed by atoms with van der Waals surface area (Å²) in [5.41, 5.74) is 10.3. The van der Waals surface area contributed by atoms with Crippen LogP contribution in [0.1, 0.15) is 16.7 Å². The van der Waals surface area contributed by atoms with Crippen LogP contribution in [0.3, 0.4) is 0 Å². The number of nitrogens with zero attached hydrogens (tertiary/aromatic N) is 3. The molecule has 0 saturated carbocycles. The first-order chi connectivity index (χ1) is 12.7. The number of aliphatic imine (C=N–C) groups is 1. The van der Waals surface area contributed by atoms with E-state index in [1.165, 1.54) is 5.56 Å². The van der Waals surface area contributed by atoms with Gasteiger partial charge in [0.1, 0.15) is 0 Å². The van der Waals surface area contributed by atoms with Gasteiger partial charge in [0.2, 0.25) is 0 Å². The van der Waals surface area contributed by atoms with Crippen LogP contribution in [-0.4, -0.2) is 22.6 Å². The first-order valence-electron chi connectivity index (χ1n) is 8.42. The van der Waals surface area contributed by atoms with E-state index >= 15 is 0 Å². The van der Waals surface area contributed by atoms with Gasteiger partial charge in [-0.15, -0.1) is 24.0 Å².